The van der Waals surface area contributed by atoms with Gasteiger partial charge in [-0.05, 0) is 6.92 Å². The van der Waals surface area contributed by atoms with Crippen LogP contribution in [0, 0.1) is 0 Å². The number of carbonyl (C=O) groups is 2. The number of carboxylic acid groups (broad SMARTS) is 2. The molecule has 1 atom stereocenters. The molecular weight excluding hydrogens is 242 g/mol. The van der Waals surface area contributed by atoms with Gasteiger partial charge in [-0.15, -0.1) is 0 Å². The van der Waals surface area contributed by atoms with Crippen molar-refractivity contribution in [2.24, 2.45) is 0 Å². The summed E-state index contributed by atoms with van der Waals surface area (Å²) in [6.45, 7) is 2.19. The van der Waals surface area contributed by atoms with Gasteiger partial charge in [0.15, 0.2) is 0 Å². The van der Waals surface area contributed by atoms with E-state index in [0.29, 0.717) is 6.61 Å². The second kappa shape index (κ2) is 6.38. The lowest BCUT2D eigenvalue weighted by molar-refractivity contribution is -0.144. The summed E-state index contributed by atoms with van der Waals surface area (Å²) in [6.07, 6.45) is 0.817. The third-order valence-corrected chi connectivity index (χ3v) is 1.90. The minimum Gasteiger partial charge on any atom is -0.481 e. The number of hydrogen-bond acceptors (Lipinski definition) is 6. The number of carboxylic acids is 2. The van der Waals surface area contributed by atoms with Crippen molar-refractivity contribution in [3.05, 3.63) is 12.3 Å². The summed E-state index contributed by atoms with van der Waals surface area (Å²) >= 11 is 0. The van der Waals surface area contributed by atoms with Gasteiger partial charge < -0.3 is 20.3 Å². The van der Waals surface area contributed by atoms with Gasteiger partial charge in [-0.1, -0.05) is 0 Å². The van der Waals surface area contributed by atoms with E-state index in [4.69, 9.17) is 14.9 Å². The SMILES string of the molecule is CCOc1ccnc(NC(CC(=O)O)C(=O)O)n1. The molecule has 1 rings (SSSR count). The zero-order valence-corrected chi connectivity index (χ0v) is 9.66. The van der Waals surface area contributed by atoms with Gasteiger partial charge in [-0.3, -0.25) is 4.79 Å². The Morgan fingerprint density at radius 2 is 2.22 bits per heavy atom. The van der Waals surface area contributed by atoms with Crippen molar-refractivity contribution in [1.82, 2.24) is 9.97 Å². The van der Waals surface area contributed by atoms with E-state index >= 15 is 0 Å². The molecule has 0 fully saturated rings. The molecule has 18 heavy (non-hydrogen) atoms. The average molecular weight is 255 g/mol. The Kier molecular flexibility index (Phi) is 4.85. The lowest BCUT2D eigenvalue weighted by Crippen LogP contribution is -2.32. The largest absolute Gasteiger partial charge is 0.481 e. The Balaban J connectivity index is 2.76. The summed E-state index contributed by atoms with van der Waals surface area (Å²) in [4.78, 5) is 29.0. The quantitative estimate of drug-likeness (QED) is 0.632. The Morgan fingerprint density at radius 3 is 2.78 bits per heavy atom. The number of rotatable bonds is 7. The van der Waals surface area contributed by atoms with Crippen LogP contribution in [-0.2, 0) is 9.59 Å². The summed E-state index contributed by atoms with van der Waals surface area (Å²) in [5, 5.41) is 19.9. The van der Waals surface area contributed by atoms with Crippen molar-refractivity contribution < 1.29 is 24.5 Å². The van der Waals surface area contributed by atoms with Crippen molar-refractivity contribution in [3.8, 4) is 5.88 Å². The molecule has 1 heterocycles. The smallest absolute Gasteiger partial charge is 0.326 e. The fourth-order valence-electron chi connectivity index (χ4n) is 1.17. The third-order valence-electron chi connectivity index (χ3n) is 1.90. The second-order valence-electron chi connectivity index (χ2n) is 3.28. The summed E-state index contributed by atoms with van der Waals surface area (Å²) < 4.78 is 5.11. The van der Waals surface area contributed by atoms with E-state index in [1.54, 1.807) is 6.92 Å². The molecule has 0 bridgehead atoms. The molecular formula is C10H13N3O5. The summed E-state index contributed by atoms with van der Waals surface area (Å²) in [5.74, 6) is -2.22. The fraction of sp³-hybridized carbons (Fsp3) is 0.400. The monoisotopic (exact) mass is 255 g/mol. The van der Waals surface area contributed by atoms with Gasteiger partial charge in [-0.2, -0.15) is 4.98 Å². The van der Waals surface area contributed by atoms with Gasteiger partial charge in [0.2, 0.25) is 11.8 Å². The molecule has 1 aromatic heterocycles. The minimum atomic E-state index is -1.29. The van der Waals surface area contributed by atoms with Gasteiger partial charge in [0.25, 0.3) is 0 Å². The van der Waals surface area contributed by atoms with E-state index in [1.165, 1.54) is 12.3 Å². The molecule has 0 spiro atoms. The predicted molar refractivity (Wildman–Crippen MR) is 60.5 cm³/mol. The fourth-order valence-corrected chi connectivity index (χ4v) is 1.17. The highest BCUT2D eigenvalue weighted by molar-refractivity contribution is 5.82. The molecule has 1 aromatic rings. The van der Waals surface area contributed by atoms with Crippen molar-refractivity contribution >= 4 is 17.9 Å². The molecule has 3 N–H and O–H groups in total. The van der Waals surface area contributed by atoms with E-state index in [9.17, 15) is 9.59 Å². The highest BCUT2D eigenvalue weighted by Gasteiger charge is 2.21. The molecule has 0 saturated carbocycles. The van der Waals surface area contributed by atoms with Gasteiger partial charge in [-0.25, -0.2) is 9.78 Å². The standard InChI is InChI=1S/C10H13N3O5/c1-2-18-7-3-4-11-10(13-7)12-6(9(16)17)5-8(14)15/h3-4,6H,2,5H2,1H3,(H,14,15)(H,16,17)(H,11,12,13). The zero-order chi connectivity index (χ0) is 13.5. The molecule has 0 radical (unpaired) electrons. The van der Waals surface area contributed by atoms with Crippen LogP contribution in [0.25, 0.3) is 0 Å². The first kappa shape index (κ1) is 13.7. The number of anilines is 1. The van der Waals surface area contributed by atoms with Crippen LogP contribution in [0.4, 0.5) is 5.95 Å². The predicted octanol–water partition coefficient (Wildman–Crippen LogP) is 0.215. The zero-order valence-electron chi connectivity index (χ0n) is 9.66. The van der Waals surface area contributed by atoms with Gasteiger partial charge in [0, 0.05) is 12.3 Å². The normalized spacial score (nSPS) is 11.6. The number of aromatic nitrogens is 2. The number of aliphatic carboxylic acids is 2. The summed E-state index contributed by atoms with van der Waals surface area (Å²) in [7, 11) is 0. The molecule has 0 aliphatic carbocycles. The maximum atomic E-state index is 10.8. The molecule has 8 heteroatoms. The maximum absolute atomic E-state index is 10.8. The van der Waals surface area contributed by atoms with E-state index in [2.05, 4.69) is 15.3 Å². The van der Waals surface area contributed by atoms with Crippen LogP contribution >= 0.6 is 0 Å². The van der Waals surface area contributed by atoms with E-state index in [1.807, 2.05) is 0 Å². The van der Waals surface area contributed by atoms with Crippen LogP contribution in [-0.4, -0.2) is 44.8 Å². The topological polar surface area (TPSA) is 122 Å². The number of ether oxygens (including phenoxy) is 1. The highest BCUT2D eigenvalue weighted by Crippen LogP contribution is 2.10. The number of nitrogens with zero attached hydrogens (tertiary/aromatic N) is 2. The van der Waals surface area contributed by atoms with Crippen molar-refractivity contribution in [1.29, 1.82) is 0 Å². The first-order valence-electron chi connectivity index (χ1n) is 5.20. The Bertz CT molecular complexity index is 437. The maximum Gasteiger partial charge on any atom is 0.326 e. The Morgan fingerprint density at radius 1 is 1.50 bits per heavy atom. The van der Waals surface area contributed by atoms with Gasteiger partial charge in [0.1, 0.15) is 6.04 Å². The second-order valence-corrected chi connectivity index (χ2v) is 3.28. The summed E-state index contributed by atoms with van der Waals surface area (Å²) in [5.41, 5.74) is 0. The first-order valence-corrected chi connectivity index (χ1v) is 5.20. The first-order chi connectivity index (χ1) is 8.52. The van der Waals surface area contributed by atoms with Crippen LogP contribution in [0.1, 0.15) is 13.3 Å². The van der Waals surface area contributed by atoms with E-state index < -0.39 is 24.4 Å². The minimum absolute atomic E-state index is 0.00889. The Labute approximate surface area is 103 Å². The van der Waals surface area contributed by atoms with Crippen molar-refractivity contribution in [2.45, 2.75) is 19.4 Å². The van der Waals surface area contributed by atoms with Crippen LogP contribution in [0.2, 0.25) is 0 Å². The molecule has 1 unspecified atom stereocenters. The van der Waals surface area contributed by atoms with E-state index in [-0.39, 0.29) is 11.8 Å². The van der Waals surface area contributed by atoms with E-state index in [0.717, 1.165) is 0 Å². The van der Waals surface area contributed by atoms with Crippen molar-refractivity contribution in [3.63, 3.8) is 0 Å². The number of nitrogens with one attached hydrogen (secondary N) is 1. The molecule has 0 aliphatic heterocycles. The van der Waals surface area contributed by atoms with Crippen LogP contribution in [0.3, 0.4) is 0 Å². The molecule has 0 saturated heterocycles. The molecule has 98 valence electrons. The average Bonchev–Trinajstić information content (AvgIpc) is 2.28. The van der Waals surface area contributed by atoms with Crippen LogP contribution < -0.4 is 10.1 Å². The Hall–Kier alpha value is -2.38. The molecule has 8 nitrogen and oxygen atoms in total. The van der Waals surface area contributed by atoms with Gasteiger partial charge in [0.05, 0.1) is 13.0 Å². The lowest BCUT2D eigenvalue weighted by Gasteiger charge is -2.12. The highest BCUT2D eigenvalue weighted by atomic mass is 16.5. The molecule has 0 amide bonds. The van der Waals surface area contributed by atoms with Crippen molar-refractivity contribution in [2.75, 3.05) is 11.9 Å². The number of hydrogen-bond donors (Lipinski definition) is 3. The van der Waals surface area contributed by atoms with Gasteiger partial charge >= 0.3 is 11.9 Å². The molecule has 0 aromatic carbocycles. The van der Waals surface area contributed by atoms with Crippen LogP contribution in [0.15, 0.2) is 12.3 Å². The third kappa shape index (κ3) is 4.24. The summed E-state index contributed by atoms with van der Waals surface area (Å²) in [6, 6.07) is 0.223. The lowest BCUT2D eigenvalue weighted by atomic mass is 10.2. The molecule has 0 aliphatic rings. The van der Waals surface area contributed by atoms with Crippen LogP contribution in [0.5, 0.6) is 5.88 Å².